The molecule has 0 atom stereocenters. The van der Waals surface area contributed by atoms with Gasteiger partial charge in [-0.3, -0.25) is 0 Å². The molecule has 0 aromatic carbocycles. The highest BCUT2D eigenvalue weighted by atomic mass is 16.5. The summed E-state index contributed by atoms with van der Waals surface area (Å²) in [5, 5.41) is 0. The smallest absolute Gasteiger partial charge is 0.224 e. The van der Waals surface area contributed by atoms with Gasteiger partial charge in [-0.2, -0.15) is 9.97 Å². The SMILES string of the molecule is COc1nc(OC)c(-c2c(OC)nc(OC)c(C)c2C)c(C)c1C. The van der Waals surface area contributed by atoms with E-state index in [-0.39, 0.29) is 0 Å². The summed E-state index contributed by atoms with van der Waals surface area (Å²) in [6.45, 7) is 7.96. The number of aromatic nitrogens is 2. The summed E-state index contributed by atoms with van der Waals surface area (Å²) >= 11 is 0. The number of nitrogens with zero attached hydrogens (tertiary/aromatic N) is 2. The average Bonchev–Trinajstić information content (AvgIpc) is 2.60. The quantitative estimate of drug-likeness (QED) is 0.836. The van der Waals surface area contributed by atoms with Gasteiger partial charge in [-0.15, -0.1) is 0 Å². The van der Waals surface area contributed by atoms with Crippen LogP contribution in [-0.4, -0.2) is 38.4 Å². The highest BCUT2D eigenvalue weighted by molar-refractivity contribution is 5.81. The molecule has 0 amide bonds. The van der Waals surface area contributed by atoms with Gasteiger partial charge >= 0.3 is 0 Å². The Bertz CT molecular complexity index is 707. The lowest BCUT2D eigenvalue weighted by molar-refractivity contribution is 0.358. The Morgan fingerprint density at radius 2 is 0.750 bits per heavy atom. The number of hydrogen-bond donors (Lipinski definition) is 0. The standard InChI is InChI=1S/C18H24N2O4/c1-9-11(3)15(21-5)19-17(23-7)13(9)14-10(2)12(4)16(22-6)20-18(14)24-8/h1-8H3. The maximum Gasteiger partial charge on any atom is 0.224 e. The number of hydrogen-bond acceptors (Lipinski definition) is 6. The maximum absolute atomic E-state index is 5.52. The third-order valence-corrected chi connectivity index (χ3v) is 4.37. The largest absolute Gasteiger partial charge is 0.481 e. The van der Waals surface area contributed by atoms with Gasteiger partial charge in [0.05, 0.1) is 39.6 Å². The van der Waals surface area contributed by atoms with Crippen molar-refractivity contribution in [2.45, 2.75) is 27.7 Å². The third-order valence-electron chi connectivity index (χ3n) is 4.37. The van der Waals surface area contributed by atoms with Crippen molar-refractivity contribution in [1.82, 2.24) is 9.97 Å². The van der Waals surface area contributed by atoms with Crippen LogP contribution in [0.2, 0.25) is 0 Å². The Morgan fingerprint density at radius 3 is 1.00 bits per heavy atom. The zero-order valence-corrected chi connectivity index (χ0v) is 15.5. The van der Waals surface area contributed by atoms with Crippen LogP contribution < -0.4 is 18.9 Å². The molecule has 0 spiro atoms. The van der Waals surface area contributed by atoms with E-state index >= 15 is 0 Å². The fourth-order valence-electron chi connectivity index (χ4n) is 2.76. The molecule has 0 fully saturated rings. The fraction of sp³-hybridized carbons (Fsp3) is 0.444. The van der Waals surface area contributed by atoms with Crippen molar-refractivity contribution in [3.05, 3.63) is 22.3 Å². The van der Waals surface area contributed by atoms with Crippen LogP contribution in [-0.2, 0) is 0 Å². The van der Waals surface area contributed by atoms with Gasteiger partial charge in [-0.1, -0.05) is 0 Å². The van der Waals surface area contributed by atoms with Crippen molar-refractivity contribution < 1.29 is 18.9 Å². The molecule has 2 aromatic heterocycles. The minimum absolute atomic E-state index is 0.475. The molecule has 2 heterocycles. The molecule has 0 aliphatic carbocycles. The molecular weight excluding hydrogens is 308 g/mol. The van der Waals surface area contributed by atoms with Gasteiger partial charge in [0.15, 0.2) is 0 Å². The normalized spacial score (nSPS) is 10.5. The predicted molar refractivity (Wildman–Crippen MR) is 92.6 cm³/mol. The Kier molecular flexibility index (Phi) is 5.17. The third kappa shape index (κ3) is 2.72. The monoisotopic (exact) mass is 332 g/mol. The topological polar surface area (TPSA) is 62.7 Å². The molecule has 2 rings (SSSR count). The number of ether oxygens (including phenoxy) is 4. The maximum atomic E-state index is 5.52. The van der Waals surface area contributed by atoms with Crippen molar-refractivity contribution in [3.63, 3.8) is 0 Å². The lowest BCUT2D eigenvalue weighted by Crippen LogP contribution is -2.06. The van der Waals surface area contributed by atoms with E-state index in [9.17, 15) is 0 Å². The van der Waals surface area contributed by atoms with Crippen LogP contribution in [0.4, 0.5) is 0 Å². The molecule has 0 radical (unpaired) electrons. The van der Waals surface area contributed by atoms with Crippen molar-refractivity contribution in [2.75, 3.05) is 28.4 Å². The van der Waals surface area contributed by atoms with Gasteiger partial charge in [0.2, 0.25) is 23.5 Å². The molecular formula is C18H24N2O4. The molecule has 6 nitrogen and oxygen atoms in total. The average molecular weight is 332 g/mol. The van der Waals surface area contributed by atoms with E-state index in [1.807, 2.05) is 27.7 Å². The van der Waals surface area contributed by atoms with Gasteiger partial charge in [0, 0.05) is 11.1 Å². The van der Waals surface area contributed by atoms with Gasteiger partial charge in [-0.25, -0.2) is 0 Å². The molecule has 0 aliphatic heterocycles. The van der Waals surface area contributed by atoms with Crippen LogP contribution in [0.25, 0.3) is 11.1 Å². The second-order valence-electron chi connectivity index (χ2n) is 5.51. The summed E-state index contributed by atoms with van der Waals surface area (Å²) in [5.74, 6) is 2.04. The zero-order chi connectivity index (χ0) is 18.0. The van der Waals surface area contributed by atoms with Crippen molar-refractivity contribution in [2.24, 2.45) is 0 Å². The van der Waals surface area contributed by atoms with E-state index in [0.717, 1.165) is 33.4 Å². The second-order valence-corrected chi connectivity index (χ2v) is 5.51. The number of pyridine rings is 2. The first-order valence-corrected chi connectivity index (χ1v) is 7.59. The van der Waals surface area contributed by atoms with Gasteiger partial charge in [0.1, 0.15) is 0 Å². The highest BCUT2D eigenvalue weighted by Crippen LogP contribution is 2.44. The van der Waals surface area contributed by atoms with Crippen LogP contribution in [0.3, 0.4) is 0 Å². The van der Waals surface area contributed by atoms with E-state index in [4.69, 9.17) is 18.9 Å². The first-order chi connectivity index (χ1) is 11.4. The van der Waals surface area contributed by atoms with Crippen LogP contribution in [0.15, 0.2) is 0 Å². The molecule has 130 valence electrons. The molecule has 0 aliphatic rings. The van der Waals surface area contributed by atoms with Crippen LogP contribution in [0, 0.1) is 27.7 Å². The summed E-state index contributed by atoms with van der Waals surface area (Å²) in [6.07, 6.45) is 0. The molecule has 6 heteroatoms. The van der Waals surface area contributed by atoms with Crippen LogP contribution >= 0.6 is 0 Å². The van der Waals surface area contributed by atoms with Gasteiger partial charge in [0.25, 0.3) is 0 Å². The first kappa shape index (κ1) is 17.8. The first-order valence-electron chi connectivity index (χ1n) is 7.59. The van der Waals surface area contributed by atoms with Crippen molar-refractivity contribution in [1.29, 1.82) is 0 Å². The summed E-state index contributed by atoms with van der Waals surface area (Å²) < 4.78 is 21.7. The summed E-state index contributed by atoms with van der Waals surface area (Å²) in [6, 6.07) is 0. The Labute approximate surface area is 142 Å². The Hall–Kier alpha value is -2.50. The molecule has 0 N–H and O–H groups in total. The Balaban J connectivity index is 2.91. The fourth-order valence-corrected chi connectivity index (χ4v) is 2.76. The van der Waals surface area contributed by atoms with E-state index in [0.29, 0.717) is 23.5 Å². The molecule has 0 unspecified atom stereocenters. The van der Waals surface area contributed by atoms with E-state index in [1.54, 1.807) is 28.4 Å². The zero-order valence-electron chi connectivity index (χ0n) is 15.5. The van der Waals surface area contributed by atoms with Gasteiger partial charge in [-0.05, 0) is 38.8 Å². The molecule has 2 aromatic rings. The minimum Gasteiger partial charge on any atom is -0.481 e. The lowest BCUT2D eigenvalue weighted by atomic mass is 9.94. The Morgan fingerprint density at radius 1 is 0.458 bits per heavy atom. The predicted octanol–water partition coefficient (Wildman–Crippen LogP) is 3.41. The summed E-state index contributed by atoms with van der Waals surface area (Å²) in [7, 11) is 6.37. The van der Waals surface area contributed by atoms with Gasteiger partial charge < -0.3 is 18.9 Å². The van der Waals surface area contributed by atoms with E-state index in [1.165, 1.54) is 0 Å². The molecule has 24 heavy (non-hydrogen) atoms. The van der Waals surface area contributed by atoms with Crippen LogP contribution in [0.1, 0.15) is 22.3 Å². The highest BCUT2D eigenvalue weighted by Gasteiger charge is 2.25. The number of rotatable bonds is 5. The van der Waals surface area contributed by atoms with Crippen LogP contribution in [0.5, 0.6) is 23.5 Å². The van der Waals surface area contributed by atoms with Crippen molar-refractivity contribution in [3.8, 4) is 34.6 Å². The molecule has 0 saturated heterocycles. The number of methoxy groups -OCH3 is 4. The van der Waals surface area contributed by atoms with Crippen molar-refractivity contribution >= 4 is 0 Å². The van der Waals surface area contributed by atoms with E-state index < -0.39 is 0 Å². The molecule has 0 saturated carbocycles. The summed E-state index contributed by atoms with van der Waals surface area (Å²) in [5.41, 5.74) is 5.61. The lowest BCUT2D eigenvalue weighted by Gasteiger charge is -2.20. The second kappa shape index (κ2) is 6.95. The molecule has 0 bridgehead atoms. The summed E-state index contributed by atoms with van der Waals surface area (Å²) in [4.78, 5) is 8.95. The van der Waals surface area contributed by atoms with E-state index in [2.05, 4.69) is 9.97 Å². The minimum atomic E-state index is 0.475.